The summed E-state index contributed by atoms with van der Waals surface area (Å²) in [4.78, 5) is 14.8. The van der Waals surface area contributed by atoms with E-state index in [1.807, 2.05) is 24.3 Å². The summed E-state index contributed by atoms with van der Waals surface area (Å²) in [6.45, 7) is 7.59. The van der Waals surface area contributed by atoms with Gasteiger partial charge in [0.1, 0.15) is 0 Å². The minimum absolute atomic E-state index is 0.0200. The molecular weight excluding hydrogens is 284 g/mol. The molecule has 1 fully saturated rings. The first-order valence-corrected chi connectivity index (χ1v) is 8.31. The minimum Gasteiger partial charge on any atom is -0.348 e. The monoisotopic (exact) mass is 308 g/mol. The Morgan fingerprint density at radius 3 is 2.43 bits per heavy atom. The second-order valence-electron chi connectivity index (χ2n) is 6.11. The van der Waals surface area contributed by atoms with E-state index >= 15 is 0 Å². The third-order valence-corrected chi connectivity index (χ3v) is 4.31. The summed E-state index contributed by atoms with van der Waals surface area (Å²) < 4.78 is 0. The number of carbonyl (C=O) groups excluding carboxylic acids is 1. The fraction of sp³-hybridized carbons (Fsp3) is 0.588. The first kappa shape index (κ1) is 16.3. The van der Waals surface area contributed by atoms with Gasteiger partial charge < -0.3 is 10.2 Å². The van der Waals surface area contributed by atoms with Crippen molar-refractivity contribution >= 4 is 17.5 Å². The molecule has 0 aromatic heterocycles. The van der Waals surface area contributed by atoms with E-state index in [1.165, 1.54) is 12.0 Å². The van der Waals surface area contributed by atoms with Crippen molar-refractivity contribution < 1.29 is 4.79 Å². The van der Waals surface area contributed by atoms with Crippen molar-refractivity contribution in [2.75, 3.05) is 25.5 Å². The van der Waals surface area contributed by atoms with Gasteiger partial charge in [-0.05, 0) is 49.5 Å². The molecular formula is C17H25ClN2O. The Balaban J connectivity index is 1.93. The second kappa shape index (κ2) is 7.81. The van der Waals surface area contributed by atoms with Crippen LogP contribution < -0.4 is 5.32 Å². The number of benzene rings is 1. The zero-order chi connectivity index (χ0) is 15.2. The SMILES string of the molecule is CC(C)C(CN1CCC1)NC(=O)c1ccc(CCCl)cc1. The third-order valence-electron chi connectivity index (χ3n) is 4.12. The zero-order valence-electron chi connectivity index (χ0n) is 12.9. The van der Waals surface area contributed by atoms with E-state index < -0.39 is 0 Å². The highest BCUT2D eigenvalue weighted by Crippen LogP contribution is 2.12. The van der Waals surface area contributed by atoms with E-state index in [2.05, 4.69) is 24.1 Å². The molecule has 116 valence electrons. The van der Waals surface area contributed by atoms with Crippen molar-refractivity contribution in [2.24, 2.45) is 5.92 Å². The highest BCUT2D eigenvalue weighted by atomic mass is 35.5. The maximum atomic E-state index is 12.4. The first-order valence-electron chi connectivity index (χ1n) is 7.78. The van der Waals surface area contributed by atoms with Crippen LogP contribution in [-0.4, -0.2) is 42.4 Å². The highest BCUT2D eigenvalue weighted by Gasteiger charge is 2.23. The largest absolute Gasteiger partial charge is 0.348 e. The molecule has 1 aliphatic rings. The second-order valence-corrected chi connectivity index (χ2v) is 6.49. The Kier molecular flexibility index (Phi) is 6.07. The van der Waals surface area contributed by atoms with Crippen LogP contribution in [0, 0.1) is 5.92 Å². The lowest BCUT2D eigenvalue weighted by Gasteiger charge is -2.35. The molecule has 3 nitrogen and oxygen atoms in total. The van der Waals surface area contributed by atoms with E-state index in [0.29, 0.717) is 11.8 Å². The van der Waals surface area contributed by atoms with E-state index in [4.69, 9.17) is 11.6 Å². The number of aryl methyl sites for hydroxylation is 1. The normalized spacial score (nSPS) is 16.6. The Labute approximate surface area is 132 Å². The predicted molar refractivity (Wildman–Crippen MR) is 88.0 cm³/mol. The lowest BCUT2D eigenvalue weighted by Crippen LogP contribution is -2.50. The van der Waals surface area contributed by atoms with Crippen molar-refractivity contribution in [3.63, 3.8) is 0 Å². The molecule has 1 saturated heterocycles. The van der Waals surface area contributed by atoms with Crippen LogP contribution in [-0.2, 0) is 6.42 Å². The number of nitrogens with one attached hydrogen (secondary N) is 1. The summed E-state index contributed by atoms with van der Waals surface area (Å²) >= 11 is 5.73. The van der Waals surface area contributed by atoms with Gasteiger partial charge in [0.25, 0.3) is 5.91 Å². The topological polar surface area (TPSA) is 32.3 Å². The van der Waals surface area contributed by atoms with Gasteiger partial charge in [-0.15, -0.1) is 11.6 Å². The standard InChI is InChI=1S/C17H25ClN2O/c1-13(2)16(12-20-10-3-11-20)19-17(21)15-6-4-14(5-7-15)8-9-18/h4-7,13,16H,3,8-12H2,1-2H3,(H,19,21). The summed E-state index contributed by atoms with van der Waals surface area (Å²) in [6.07, 6.45) is 2.12. The molecule has 1 atom stereocenters. The van der Waals surface area contributed by atoms with Crippen LogP contribution in [0.15, 0.2) is 24.3 Å². The molecule has 21 heavy (non-hydrogen) atoms. The lowest BCUT2D eigenvalue weighted by molar-refractivity contribution is 0.0883. The van der Waals surface area contributed by atoms with E-state index in [-0.39, 0.29) is 11.9 Å². The van der Waals surface area contributed by atoms with Crippen LogP contribution in [0.4, 0.5) is 0 Å². The van der Waals surface area contributed by atoms with Crippen molar-refractivity contribution in [2.45, 2.75) is 32.7 Å². The fourth-order valence-corrected chi connectivity index (χ4v) is 2.67. The van der Waals surface area contributed by atoms with Gasteiger partial charge in [-0.3, -0.25) is 4.79 Å². The van der Waals surface area contributed by atoms with Crippen LogP contribution in [0.2, 0.25) is 0 Å². The average molecular weight is 309 g/mol. The van der Waals surface area contributed by atoms with Crippen molar-refractivity contribution in [1.82, 2.24) is 10.2 Å². The van der Waals surface area contributed by atoms with Gasteiger partial charge in [0, 0.05) is 24.0 Å². The number of likely N-dealkylation sites (tertiary alicyclic amines) is 1. The van der Waals surface area contributed by atoms with Crippen LogP contribution in [0.1, 0.15) is 36.2 Å². The molecule has 1 unspecified atom stereocenters. The molecule has 0 spiro atoms. The van der Waals surface area contributed by atoms with Crippen LogP contribution in [0.25, 0.3) is 0 Å². The molecule has 1 heterocycles. The predicted octanol–water partition coefficient (Wildman–Crippen LogP) is 2.93. The molecule has 1 aromatic carbocycles. The summed E-state index contributed by atoms with van der Waals surface area (Å²) in [6, 6.07) is 7.95. The van der Waals surface area contributed by atoms with Crippen LogP contribution in [0.3, 0.4) is 0 Å². The number of rotatable bonds is 7. The third kappa shape index (κ3) is 4.72. The minimum atomic E-state index is 0.0200. The summed E-state index contributed by atoms with van der Waals surface area (Å²) in [5.74, 6) is 1.06. The zero-order valence-corrected chi connectivity index (χ0v) is 13.7. The highest BCUT2D eigenvalue weighted by molar-refractivity contribution is 6.18. The lowest BCUT2D eigenvalue weighted by atomic mass is 10.0. The Morgan fingerprint density at radius 2 is 1.95 bits per heavy atom. The van der Waals surface area contributed by atoms with Crippen LogP contribution >= 0.6 is 11.6 Å². The van der Waals surface area contributed by atoms with Gasteiger partial charge in [0.2, 0.25) is 0 Å². The quantitative estimate of drug-likeness (QED) is 0.786. The van der Waals surface area contributed by atoms with Crippen molar-refractivity contribution in [3.05, 3.63) is 35.4 Å². The number of carbonyl (C=O) groups is 1. The summed E-state index contributed by atoms with van der Waals surface area (Å²) in [7, 11) is 0. The Morgan fingerprint density at radius 1 is 1.29 bits per heavy atom. The van der Waals surface area contributed by atoms with E-state index in [0.717, 1.165) is 31.6 Å². The number of alkyl halides is 1. The summed E-state index contributed by atoms with van der Waals surface area (Å²) in [5, 5.41) is 3.18. The average Bonchev–Trinajstić information content (AvgIpc) is 2.42. The van der Waals surface area contributed by atoms with Gasteiger partial charge >= 0.3 is 0 Å². The Hall–Kier alpha value is -1.06. The van der Waals surface area contributed by atoms with Gasteiger partial charge in [0.15, 0.2) is 0 Å². The fourth-order valence-electron chi connectivity index (χ4n) is 2.45. The number of nitrogens with zero attached hydrogens (tertiary/aromatic N) is 1. The molecule has 0 bridgehead atoms. The number of hydrogen-bond donors (Lipinski definition) is 1. The smallest absolute Gasteiger partial charge is 0.251 e. The van der Waals surface area contributed by atoms with Gasteiger partial charge in [-0.2, -0.15) is 0 Å². The van der Waals surface area contributed by atoms with Crippen LogP contribution in [0.5, 0.6) is 0 Å². The molecule has 4 heteroatoms. The maximum absolute atomic E-state index is 12.4. The Bertz CT molecular complexity index is 454. The molecule has 1 aliphatic heterocycles. The number of hydrogen-bond acceptors (Lipinski definition) is 2. The van der Waals surface area contributed by atoms with E-state index in [9.17, 15) is 4.79 Å². The van der Waals surface area contributed by atoms with Gasteiger partial charge in [-0.25, -0.2) is 0 Å². The molecule has 0 aliphatic carbocycles. The van der Waals surface area contributed by atoms with Gasteiger partial charge in [-0.1, -0.05) is 26.0 Å². The molecule has 0 radical (unpaired) electrons. The van der Waals surface area contributed by atoms with Crippen molar-refractivity contribution in [1.29, 1.82) is 0 Å². The molecule has 1 N–H and O–H groups in total. The number of halogens is 1. The summed E-state index contributed by atoms with van der Waals surface area (Å²) in [5.41, 5.74) is 1.89. The first-order chi connectivity index (χ1) is 10.1. The molecule has 1 aromatic rings. The maximum Gasteiger partial charge on any atom is 0.251 e. The molecule has 0 saturated carbocycles. The van der Waals surface area contributed by atoms with Crippen molar-refractivity contribution in [3.8, 4) is 0 Å². The van der Waals surface area contributed by atoms with E-state index in [1.54, 1.807) is 0 Å². The molecule has 2 rings (SSSR count). The van der Waals surface area contributed by atoms with Gasteiger partial charge in [0.05, 0.1) is 0 Å². The molecule has 1 amide bonds. The number of amides is 1.